The number of aryl methyl sites for hydroxylation is 1. The number of nitrogens with one attached hydrogen (secondary N) is 2. The molecule has 2 rings (SSSR count). The van der Waals surface area contributed by atoms with E-state index in [1.165, 1.54) is 0 Å². The van der Waals surface area contributed by atoms with E-state index in [0.717, 1.165) is 22.9 Å². The number of aromatic nitrogens is 1. The van der Waals surface area contributed by atoms with E-state index in [0.29, 0.717) is 5.69 Å². The van der Waals surface area contributed by atoms with Crippen molar-refractivity contribution < 1.29 is 9.59 Å². The van der Waals surface area contributed by atoms with Crippen molar-refractivity contribution in [3.63, 3.8) is 0 Å². The third-order valence-electron chi connectivity index (χ3n) is 3.60. The highest BCUT2D eigenvalue weighted by molar-refractivity contribution is 9.10. The number of halogens is 1. The first-order valence-electron chi connectivity index (χ1n) is 7.50. The van der Waals surface area contributed by atoms with E-state index < -0.39 is 0 Å². The number of hydrogen-bond acceptors (Lipinski definition) is 2. The molecule has 0 radical (unpaired) electrons. The van der Waals surface area contributed by atoms with Gasteiger partial charge in [0.2, 0.25) is 5.91 Å². The van der Waals surface area contributed by atoms with Crippen molar-refractivity contribution >= 4 is 27.7 Å². The summed E-state index contributed by atoms with van der Waals surface area (Å²) >= 11 is 3.32. The first-order valence-corrected chi connectivity index (χ1v) is 8.29. The zero-order valence-electron chi connectivity index (χ0n) is 13.2. The number of hydrogen-bond donors (Lipinski definition) is 2. The van der Waals surface area contributed by atoms with Gasteiger partial charge in [0, 0.05) is 17.7 Å². The van der Waals surface area contributed by atoms with Crippen LogP contribution in [0.25, 0.3) is 0 Å². The maximum Gasteiger partial charge on any atom is 0.286 e. The van der Waals surface area contributed by atoms with Crippen molar-refractivity contribution in [3.8, 4) is 0 Å². The lowest BCUT2D eigenvalue weighted by Gasteiger charge is -2.17. The van der Waals surface area contributed by atoms with E-state index in [1.54, 1.807) is 23.9 Å². The number of carbonyl (C=O) groups excluding carboxylic acids is 2. The third-order valence-corrected chi connectivity index (χ3v) is 4.03. The van der Waals surface area contributed by atoms with Crippen LogP contribution in [0.2, 0.25) is 0 Å². The van der Waals surface area contributed by atoms with E-state index in [9.17, 15) is 9.59 Å². The van der Waals surface area contributed by atoms with Crippen molar-refractivity contribution in [2.45, 2.75) is 25.7 Å². The Kier molecular flexibility index (Phi) is 5.98. The van der Waals surface area contributed by atoms with Crippen molar-refractivity contribution in [1.82, 2.24) is 15.4 Å². The second-order valence-electron chi connectivity index (χ2n) is 5.35. The van der Waals surface area contributed by atoms with Crippen molar-refractivity contribution in [2.75, 3.05) is 0 Å². The predicted octanol–water partition coefficient (Wildman–Crippen LogP) is 3.13. The van der Waals surface area contributed by atoms with Crippen LogP contribution in [-0.2, 0) is 11.8 Å². The van der Waals surface area contributed by atoms with E-state index in [-0.39, 0.29) is 17.7 Å². The van der Waals surface area contributed by atoms with Gasteiger partial charge in [0.25, 0.3) is 5.91 Å². The summed E-state index contributed by atoms with van der Waals surface area (Å²) in [4.78, 5) is 24.6. The van der Waals surface area contributed by atoms with E-state index >= 15 is 0 Å². The Labute approximate surface area is 144 Å². The average Bonchev–Trinajstić information content (AvgIpc) is 2.89. The molecule has 2 N–H and O–H groups in total. The SMILES string of the molecule is CCCC(C(=O)NNC(=O)c1cc(Br)cn1C)c1ccccc1. The number of carbonyl (C=O) groups is 2. The topological polar surface area (TPSA) is 63.1 Å². The fourth-order valence-corrected chi connectivity index (χ4v) is 2.97. The summed E-state index contributed by atoms with van der Waals surface area (Å²) in [6, 6.07) is 11.3. The highest BCUT2D eigenvalue weighted by atomic mass is 79.9. The molecule has 23 heavy (non-hydrogen) atoms. The lowest BCUT2D eigenvalue weighted by Crippen LogP contribution is -2.44. The van der Waals surface area contributed by atoms with Crippen LogP contribution < -0.4 is 10.9 Å². The number of rotatable bonds is 5. The average molecular weight is 378 g/mol. The monoisotopic (exact) mass is 377 g/mol. The van der Waals surface area contributed by atoms with Crippen LogP contribution in [0, 0.1) is 0 Å². The summed E-state index contributed by atoms with van der Waals surface area (Å²) in [6.07, 6.45) is 3.38. The molecule has 5 nitrogen and oxygen atoms in total. The van der Waals surface area contributed by atoms with Gasteiger partial charge in [-0.3, -0.25) is 20.4 Å². The standard InChI is InChI=1S/C17H20BrN3O2/c1-3-7-14(12-8-5-4-6-9-12)16(22)19-20-17(23)15-10-13(18)11-21(15)2/h4-6,8-11,14H,3,7H2,1-2H3,(H,19,22)(H,20,23). The Balaban J connectivity index is 2.02. The van der Waals surface area contributed by atoms with Crippen LogP contribution in [0.4, 0.5) is 0 Å². The minimum absolute atomic E-state index is 0.209. The molecule has 0 aliphatic heterocycles. The quantitative estimate of drug-likeness (QED) is 0.786. The molecule has 1 unspecified atom stereocenters. The smallest absolute Gasteiger partial charge is 0.286 e. The fraction of sp³-hybridized carbons (Fsp3) is 0.294. The van der Waals surface area contributed by atoms with Gasteiger partial charge in [-0.2, -0.15) is 0 Å². The zero-order valence-corrected chi connectivity index (χ0v) is 14.8. The Morgan fingerprint density at radius 3 is 2.48 bits per heavy atom. The maximum absolute atomic E-state index is 12.4. The van der Waals surface area contributed by atoms with Gasteiger partial charge in [0.1, 0.15) is 5.69 Å². The Hall–Kier alpha value is -2.08. The molecule has 2 aromatic rings. The molecule has 0 saturated carbocycles. The predicted molar refractivity (Wildman–Crippen MR) is 92.8 cm³/mol. The van der Waals surface area contributed by atoms with Crippen molar-refractivity contribution in [2.24, 2.45) is 7.05 Å². The molecule has 1 aromatic carbocycles. The van der Waals surface area contributed by atoms with Gasteiger partial charge in [-0.1, -0.05) is 43.7 Å². The molecule has 1 atom stereocenters. The summed E-state index contributed by atoms with van der Waals surface area (Å²) in [7, 11) is 1.77. The normalized spacial score (nSPS) is 11.8. The van der Waals surface area contributed by atoms with Crippen LogP contribution in [0.1, 0.15) is 41.7 Å². The minimum atomic E-state index is -0.352. The third kappa shape index (κ3) is 4.45. The lowest BCUT2D eigenvalue weighted by molar-refractivity contribution is -0.123. The lowest BCUT2D eigenvalue weighted by atomic mass is 9.94. The van der Waals surface area contributed by atoms with Gasteiger partial charge < -0.3 is 4.57 Å². The molecular weight excluding hydrogens is 358 g/mol. The molecule has 0 fully saturated rings. The maximum atomic E-state index is 12.4. The minimum Gasteiger partial charge on any atom is -0.345 e. The van der Waals surface area contributed by atoms with E-state index in [1.807, 2.05) is 37.3 Å². The summed E-state index contributed by atoms with van der Waals surface area (Å²) in [5.41, 5.74) is 6.42. The molecule has 0 bridgehead atoms. The van der Waals surface area contributed by atoms with Crippen LogP contribution in [-0.4, -0.2) is 16.4 Å². The Morgan fingerprint density at radius 2 is 1.91 bits per heavy atom. The molecule has 1 aromatic heterocycles. The molecule has 0 spiro atoms. The van der Waals surface area contributed by atoms with Gasteiger partial charge in [-0.15, -0.1) is 0 Å². The number of nitrogens with zero attached hydrogens (tertiary/aromatic N) is 1. The molecule has 6 heteroatoms. The number of amides is 2. The van der Waals surface area contributed by atoms with Gasteiger partial charge in [-0.05, 0) is 34.0 Å². The van der Waals surface area contributed by atoms with Gasteiger partial charge >= 0.3 is 0 Å². The van der Waals surface area contributed by atoms with Crippen molar-refractivity contribution in [1.29, 1.82) is 0 Å². The zero-order chi connectivity index (χ0) is 16.8. The molecule has 0 saturated heterocycles. The molecule has 0 aliphatic carbocycles. The van der Waals surface area contributed by atoms with Crippen LogP contribution >= 0.6 is 15.9 Å². The first kappa shape index (κ1) is 17.3. The second-order valence-corrected chi connectivity index (χ2v) is 6.27. The highest BCUT2D eigenvalue weighted by Gasteiger charge is 2.20. The molecular formula is C17H20BrN3O2. The highest BCUT2D eigenvalue weighted by Crippen LogP contribution is 2.21. The molecule has 122 valence electrons. The summed E-state index contributed by atoms with van der Waals surface area (Å²) in [5.74, 6) is -0.837. The summed E-state index contributed by atoms with van der Waals surface area (Å²) in [6.45, 7) is 2.03. The van der Waals surface area contributed by atoms with Crippen LogP contribution in [0.3, 0.4) is 0 Å². The Morgan fingerprint density at radius 1 is 1.22 bits per heavy atom. The Bertz CT molecular complexity index is 682. The summed E-state index contributed by atoms with van der Waals surface area (Å²) in [5, 5.41) is 0. The molecule has 0 aliphatic rings. The van der Waals surface area contributed by atoms with E-state index in [4.69, 9.17) is 0 Å². The second kappa shape index (κ2) is 7.97. The summed E-state index contributed by atoms with van der Waals surface area (Å²) < 4.78 is 2.50. The fourth-order valence-electron chi connectivity index (χ4n) is 2.44. The van der Waals surface area contributed by atoms with E-state index in [2.05, 4.69) is 26.8 Å². The molecule has 1 heterocycles. The van der Waals surface area contributed by atoms with Gasteiger partial charge in [0.15, 0.2) is 0 Å². The molecule has 2 amide bonds. The number of hydrazine groups is 1. The van der Waals surface area contributed by atoms with Crippen LogP contribution in [0.15, 0.2) is 47.1 Å². The van der Waals surface area contributed by atoms with Crippen molar-refractivity contribution in [3.05, 3.63) is 58.3 Å². The number of benzene rings is 1. The van der Waals surface area contributed by atoms with Crippen LogP contribution in [0.5, 0.6) is 0 Å². The largest absolute Gasteiger partial charge is 0.345 e. The van der Waals surface area contributed by atoms with Gasteiger partial charge in [-0.25, -0.2) is 0 Å². The first-order chi connectivity index (χ1) is 11.0. The van der Waals surface area contributed by atoms with Gasteiger partial charge in [0.05, 0.1) is 5.92 Å².